The quantitative estimate of drug-likeness (QED) is 0.686. The van der Waals surface area contributed by atoms with Gasteiger partial charge < -0.3 is 4.57 Å². The lowest BCUT2D eigenvalue weighted by Crippen LogP contribution is -2.03. The summed E-state index contributed by atoms with van der Waals surface area (Å²) < 4.78 is 25.8. The lowest BCUT2D eigenvalue weighted by atomic mass is 10.2. The maximum atomic E-state index is 11.9. The Balaban J connectivity index is 2.26. The van der Waals surface area contributed by atoms with Crippen LogP contribution in [0.25, 0.3) is 10.9 Å². The van der Waals surface area contributed by atoms with E-state index in [9.17, 15) is 8.42 Å². The Morgan fingerprint density at radius 1 is 1.00 bits per heavy atom. The monoisotopic (exact) mass is 319 g/mol. The molecule has 0 spiro atoms. The number of aromatic nitrogens is 1. The Hall–Kier alpha value is -1.78. The van der Waals surface area contributed by atoms with Crippen LogP contribution in [0.4, 0.5) is 0 Å². The van der Waals surface area contributed by atoms with Crippen molar-refractivity contribution in [1.29, 1.82) is 0 Å². The number of benzene rings is 2. The predicted molar refractivity (Wildman–Crippen MR) is 85.3 cm³/mol. The van der Waals surface area contributed by atoms with Gasteiger partial charge in [-0.25, -0.2) is 8.42 Å². The van der Waals surface area contributed by atoms with E-state index in [1.165, 1.54) is 0 Å². The minimum absolute atomic E-state index is 0.204. The number of rotatable bonds is 3. The molecule has 0 aliphatic rings. The summed E-state index contributed by atoms with van der Waals surface area (Å²) in [6.07, 6.45) is 0. The number of para-hydroxylation sites is 1. The first-order chi connectivity index (χ1) is 9.98. The molecule has 3 aromatic rings. The molecule has 0 unspecified atom stereocenters. The molecule has 3 rings (SSSR count). The molecular formula is C16H14ClNO2S. The molecule has 21 heavy (non-hydrogen) atoms. The normalized spacial score (nSPS) is 11.9. The highest BCUT2D eigenvalue weighted by Crippen LogP contribution is 2.32. The van der Waals surface area contributed by atoms with Crippen LogP contribution in [0.2, 0.25) is 0 Å². The third kappa shape index (κ3) is 2.57. The summed E-state index contributed by atoms with van der Waals surface area (Å²) >= 11 is 0. The van der Waals surface area contributed by atoms with E-state index in [2.05, 4.69) is 0 Å². The molecule has 3 nitrogen and oxygen atoms in total. The Kier molecular flexibility index (Phi) is 3.51. The van der Waals surface area contributed by atoms with Gasteiger partial charge in [-0.3, -0.25) is 0 Å². The van der Waals surface area contributed by atoms with Gasteiger partial charge in [0.1, 0.15) is 4.90 Å². The van der Waals surface area contributed by atoms with Crippen molar-refractivity contribution in [3.8, 4) is 0 Å². The molecule has 0 N–H and O–H groups in total. The minimum atomic E-state index is -3.78. The molecule has 0 radical (unpaired) electrons. The van der Waals surface area contributed by atoms with Crippen molar-refractivity contribution in [1.82, 2.24) is 4.57 Å². The lowest BCUT2D eigenvalue weighted by molar-refractivity contribution is 0.609. The highest BCUT2D eigenvalue weighted by molar-refractivity contribution is 8.14. The van der Waals surface area contributed by atoms with Gasteiger partial charge >= 0.3 is 0 Å². The van der Waals surface area contributed by atoms with Crippen molar-refractivity contribution in [3.63, 3.8) is 0 Å². The van der Waals surface area contributed by atoms with Crippen LogP contribution < -0.4 is 0 Å². The van der Waals surface area contributed by atoms with Gasteiger partial charge in [0.2, 0.25) is 0 Å². The minimum Gasteiger partial charge on any atom is -0.339 e. The third-order valence-electron chi connectivity index (χ3n) is 3.60. The lowest BCUT2D eigenvalue weighted by Gasteiger charge is -2.08. The van der Waals surface area contributed by atoms with Crippen LogP contribution in [0, 0.1) is 6.92 Å². The fourth-order valence-electron chi connectivity index (χ4n) is 2.68. The summed E-state index contributed by atoms with van der Waals surface area (Å²) in [5.74, 6) is 0. The Morgan fingerprint density at radius 3 is 2.29 bits per heavy atom. The number of nitrogens with zero attached hydrogens (tertiary/aromatic N) is 1. The third-order valence-corrected chi connectivity index (χ3v) is 5.07. The second kappa shape index (κ2) is 5.20. The summed E-state index contributed by atoms with van der Waals surface area (Å²) in [4.78, 5) is 0.204. The van der Waals surface area contributed by atoms with Crippen molar-refractivity contribution in [2.24, 2.45) is 0 Å². The zero-order valence-corrected chi connectivity index (χ0v) is 13.0. The molecule has 0 saturated carbocycles. The first kappa shape index (κ1) is 14.2. The van der Waals surface area contributed by atoms with E-state index in [0.717, 1.165) is 11.1 Å². The van der Waals surface area contributed by atoms with Gasteiger partial charge in [-0.1, -0.05) is 48.5 Å². The topological polar surface area (TPSA) is 39.1 Å². The van der Waals surface area contributed by atoms with Gasteiger partial charge in [-0.15, -0.1) is 0 Å². The summed E-state index contributed by atoms with van der Waals surface area (Å²) in [6.45, 7) is 2.40. The second-order valence-corrected chi connectivity index (χ2v) is 7.44. The zero-order valence-electron chi connectivity index (χ0n) is 11.5. The number of hydrogen-bond acceptors (Lipinski definition) is 2. The predicted octanol–water partition coefficient (Wildman–Crippen LogP) is 3.93. The second-order valence-electron chi connectivity index (χ2n) is 4.94. The SMILES string of the molecule is Cc1c(S(=O)(=O)Cl)c2ccccc2n1Cc1ccccc1. The smallest absolute Gasteiger partial charge is 0.263 e. The van der Waals surface area contributed by atoms with E-state index in [1.54, 1.807) is 13.0 Å². The van der Waals surface area contributed by atoms with Crippen LogP contribution in [-0.4, -0.2) is 13.0 Å². The molecule has 0 bridgehead atoms. The van der Waals surface area contributed by atoms with Crippen LogP contribution in [0.1, 0.15) is 11.3 Å². The van der Waals surface area contributed by atoms with Crippen LogP contribution >= 0.6 is 10.7 Å². The Morgan fingerprint density at radius 2 is 1.62 bits per heavy atom. The van der Waals surface area contributed by atoms with Gasteiger partial charge in [0, 0.05) is 33.8 Å². The maximum absolute atomic E-state index is 11.9. The van der Waals surface area contributed by atoms with E-state index in [0.29, 0.717) is 17.6 Å². The molecule has 0 atom stereocenters. The van der Waals surface area contributed by atoms with Crippen molar-refractivity contribution in [3.05, 3.63) is 65.9 Å². The van der Waals surface area contributed by atoms with E-state index in [4.69, 9.17) is 10.7 Å². The zero-order chi connectivity index (χ0) is 15.0. The van der Waals surface area contributed by atoms with Gasteiger partial charge in [-0.05, 0) is 18.6 Å². The summed E-state index contributed by atoms with van der Waals surface area (Å²) in [7, 11) is 1.84. The van der Waals surface area contributed by atoms with Gasteiger partial charge in [-0.2, -0.15) is 0 Å². The molecule has 0 aliphatic heterocycles. The van der Waals surface area contributed by atoms with E-state index in [-0.39, 0.29) is 4.90 Å². The average Bonchev–Trinajstić information content (AvgIpc) is 2.73. The highest BCUT2D eigenvalue weighted by atomic mass is 35.7. The molecule has 0 saturated heterocycles. The average molecular weight is 320 g/mol. The van der Waals surface area contributed by atoms with Crippen LogP contribution in [-0.2, 0) is 15.6 Å². The molecule has 108 valence electrons. The van der Waals surface area contributed by atoms with Crippen LogP contribution in [0.15, 0.2) is 59.5 Å². The Bertz CT molecular complexity index is 899. The maximum Gasteiger partial charge on any atom is 0.263 e. The highest BCUT2D eigenvalue weighted by Gasteiger charge is 2.23. The van der Waals surface area contributed by atoms with Crippen molar-refractivity contribution < 1.29 is 8.42 Å². The number of halogens is 1. The molecular weight excluding hydrogens is 306 g/mol. The van der Waals surface area contributed by atoms with E-state index in [1.807, 2.05) is 53.1 Å². The number of fused-ring (bicyclic) bond motifs is 1. The van der Waals surface area contributed by atoms with Crippen LogP contribution in [0.5, 0.6) is 0 Å². The van der Waals surface area contributed by atoms with Gasteiger partial charge in [0.15, 0.2) is 0 Å². The summed E-state index contributed by atoms with van der Waals surface area (Å²) in [5.41, 5.74) is 2.65. The summed E-state index contributed by atoms with van der Waals surface area (Å²) in [6, 6.07) is 17.3. The van der Waals surface area contributed by atoms with Crippen molar-refractivity contribution in [2.45, 2.75) is 18.4 Å². The van der Waals surface area contributed by atoms with Crippen LogP contribution in [0.3, 0.4) is 0 Å². The molecule has 0 fully saturated rings. The van der Waals surface area contributed by atoms with Gasteiger partial charge in [0.25, 0.3) is 9.05 Å². The van der Waals surface area contributed by atoms with Crippen molar-refractivity contribution in [2.75, 3.05) is 0 Å². The fourth-order valence-corrected chi connectivity index (χ4v) is 4.16. The van der Waals surface area contributed by atoms with E-state index >= 15 is 0 Å². The number of hydrogen-bond donors (Lipinski definition) is 0. The largest absolute Gasteiger partial charge is 0.339 e. The Labute approximate surface area is 128 Å². The summed E-state index contributed by atoms with van der Waals surface area (Å²) in [5, 5.41) is 0.668. The molecule has 2 aromatic carbocycles. The fraction of sp³-hybridized carbons (Fsp3) is 0.125. The molecule has 0 aliphatic carbocycles. The van der Waals surface area contributed by atoms with Gasteiger partial charge in [0.05, 0.1) is 0 Å². The molecule has 0 amide bonds. The first-order valence-corrected chi connectivity index (χ1v) is 8.86. The van der Waals surface area contributed by atoms with E-state index < -0.39 is 9.05 Å². The molecule has 1 heterocycles. The first-order valence-electron chi connectivity index (χ1n) is 6.55. The molecule has 5 heteroatoms. The van der Waals surface area contributed by atoms with Crippen molar-refractivity contribution >= 4 is 30.6 Å². The standard InChI is InChI=1S/C16H14ClNO2S/c1-12-16(21(17,19)20)14-9-5-6-10-15(14)18(12)11-13-7-3-2-4-8-13/h2-10H,11H2,1H3. The molecule has 1 aromatic heterocycles.